The molecule has 1 heterocycles. The summed E-state index contributed by atoms with van der Waals surface area (Å²) < 4.78 is 10.6. The Balaban J connectivity index is 1.94. The molecule has 5 nitrogen and oxygen atoms in total. The zero-order valence-corrected chi connectivity index (χ0v) is 11.8. The van der Waals surface area contributed by atoms with E-state index in [0.29, 0.717) is 18.0 Å². The zero-order valence-electron chi connectivity index (χ0n) is 11.8. The number of methoxy groups -OCH3 is 1. The molecule has 5 heteroatoms. The molecule has 0 aliphatic carbocycles. The van der Waals surface area contributed by atoms with Gasteiger partial charge in [-0.15, -0.1) is 0 Å². The number of carbonyl (C=O) groups is 1. The summed E-state index contributed by atoms with van der Waals surface area (Å²) in [6, 6.07) is 8.89. The molecule has 2 N–H and O–H groups in total. The average Bonchev–Trinajstić information content (AvgIpc) is 2.75. The molecule has 0 atom stereocenters. The quantitative estimate of drug-likeness (QED) is 0.899. The molecule has 0 aliphatic rings. The number of anilines is 1. The van der Waals surface area contributed by atoms with Crippen molar-refractivity contribution in [3.8, 4) is 5.75 Å². The standard InChI is InChI=1S/C15H18N2O3/c1-10-8-12(11(2)20-10)9-16-15(18)17-13-6-4-5-7-14(13)19-3/h4-8H,9H2,1-3H3,(H2,16,17,18). The van der Waals surface area contributed by atoms with Crippen LogP contribution < -0.4 is 15.4 Å². The van der Waals surface area contributed by atoms with Crippen molar-refractivity contribution in [3.05, 3.63) is 47.4 Å². The van der Waals surface area contributed by atoms with Gasteiger partial charge in [-0.3, -0.25) is 0 Å². The molecule has 0 bridgehead atoms. The third-order valence-electron chi connectivity index (χ3n) is 2.94. The van der Waals surface area contributed by atoms with Crippen LogP contribution in [0.1, 0.15) is 17.1 Å². The van der Waals surface area contributed by atoms with Crippen molar-refractivity contribution in [2.24, 2.45) is 0 Å². The molecule has 0 aliphatic heterocycles. The number of amides is 2. The van der Waals surface area contributed by atoms with Crippen molar-refractivity contribution in [2.45, 2.75) is 20.4 Å². The molecule has 20 heavy (non-hydrogen) atoms. The summed E-state index contributed by atoms with van der Waals surface area (Å²) in [5, 5.41) is 5.54. The van der Waals surface area contributed by atoms with E-state index in [4.69, 9.17) is 9.15 Å². The molecule has 106 valence electrons. The fourth-order valence-electron chi connectivity index (χ4n) is 1.95. The lowest BCUT2D eigenvalue weighted by molar-refractivity contribution is 0.251. The lowest BCUT2D eigenvalue weighted by Crippen LogP contribution is -2.28. The van der Waals surface area contributed by atoms with Crippen molar-refractivity contribution in [2.75, 3.05) is 12.4 Å². The molecule has 0 saturated heterocycles. The van der Waals surface area contributed by atoms with Crippen LogP contribution in [0.25, 0.3) is 0 Å². The third-order valence-corrected chi connectivity index (χ3v) is 2.94. The Bertz CT molecular complexity index is 605. The van der Waals surface area contributed by atoms with E-state index >= 15 is 0 Å². The second kappa shape index (κ2) is 6.14. The Morgan fingerprint density at radius 3 is 2.70 bits per heavy atom. The first kappa shape index (κ1) is 14.0. The fourth-order valence-corrected chi connectivity index (χ4v) is 1.95. The maximum atomic E-state index is 11.9. The van der Waals surface area contributed by atoms with E-state index in [1.54, 1.807) is 19.2 Å². The highest BCUT2D eigenvalue weighted by Gasteiger charge is 2.08. The molecule has 2 amide bonds. The summed E-state index contributed by atoms with van der Waals surface area (Å²) in [4.78, 5) is 11.9. The molecule has 1 aromatic heterocycles. The van der Waals surface area contributed by atoms with Crippen molar-refractivity contribution in [3.63, 3.8) is 0 Å². The summed E-state index contributed by atoms with van der Waals surface area (Å²) in [5.74, 6) is 2.28. The number of para-hydroxylation sites is 2. The van der Waals surface area contributed by atoms with E-state index in [1.807, 2.05) is 32.0 Å². The van der Waals surface area contributed by atoms with Gasteiger partial charge in [0.05, 0.1) is 12.8 Å². The molecule has 0 spiro atoms. The predicted molar refractivity (Wildman–Crippen MR) is 77.0 cm³/mol. The monoisotopic (exact) mass is 274 g/mol. The Kier molecular flexibility index (Phi) is 4.30. The number of nitrogens with one attached hydrogen (secondary N) is 2. The van der Waals surface area contributed by atoms with E-state index in [0.717, 1.165) is 17.1 Å². The number of carbonyl (C=O) groups excluding carboxylic acids is 1. The molecule has 2 rings (SSSR count). The van der Waals surface area contributed by atoms with Gasteiger partial charge < -0.3 is 19.8 Å². The van der Waals surface area contributed by atoms with Crippen LogP contribution in [-0.2, 0) is 6.54 Å². The minimum absolute atomic E-state index is 0.284. The number of hydrogen-bond acceptors (Lipinski definition) is 3. The first-order valence-electron chi connectivity index (χ1n) is 6.34. The SMILES string of the molecule is COc1ccccc1NC(=O)NCc1cc(C)oc1C. The summed E-state index contributed by atoms with van der Waals surface area (Å²) in [6.07, 6.45) is 0. The van der Waals surface area contributed by atoms with E-state index in [2.05, 4.69) is 10.6 Å². The van der Waals surface area contributed by atoms with Crippen molar-refractivity contribution < 1.29 is 13.9 Å². The third kappa shape index (κ3) is 3.32. The van der Waals surface area contributed by atoms with Crippen molar-refractivity contribution in [1.82, 2.24) is 5.32 Å². The van der Waals surface area contributed by atoms with Gasteiger partial charge in [-0.2, -0.15) is 0 Å². The fraction of sp³-hybridized carbons (Fsp3) is 0.267. The minimum Gasteiger partial charge on any atom is -0.495 e. The topological polar surface area (TPSA) is 63.5 Å². The number of furan rings is 1. The van der Waals surface area contributed by atoms with Gasteiger partial charge >= 0.3 is 6.03 Å². The van der Waals surface area contributed by atoms with Gasteiger partial charge in [-0.25, -0.2) is 4.79 Å². The minimum atomic E-state index is -0.284. The van der Waals surface area contributed by atoms with Gasteiger partial charge in [0.15, 0.2) is 0 Å². The van der Waals surface area contributed by atoms with Crippen LogP contribution in [0.5, 0.6) is 5.75 Å². The molecule has 0 radical (unpaired) electrons. The Morgan fingerprint density at radius 2 is 2.05 bits per heavy atom. The zero-order chi connectivity index (χ0) is 14.5. The molecule has 2 aromatic rings. The van der Waals surface area contributed by atoms with Gasteiger partial charge in [0.1, 0.15) is 17.3 Å². The summed E-state index contributed by atoms with van der Waals surface area (Å²) >= 11 is 0. The number of benzene rings is 1. The smallest absolute Gasteiger partial charge is 0.319 e. The Labute approximate surface area is 117 Å². The number of ether oxygens (including phenoxy) is 1. The summed E-state index contributed by atoms with van der Waals surface area (Å²) in [6.45, 7) is 4.18. The first-order chi connectivity index (χ1) is 9.60. The lowest BCUT2D eigenvalue weighted by Gasteiger charge is -2.10. The van der Waals surface area contributed by atoms with Gasteiger partial charge in [0, 0.05) is 12.1 Å². The van der Waals surface area contributed by atoms with Gasteiger partial charge in [0.25, 0.3) is 0 Å². The first-order valence-corrected chi connectivity index (χ1v) is 6.34. The van der Waals surface area contributed by atoms with Crippen LogP contribution in [0, 0.1) is 13.8 Å². The van der Waals surface area contributed by atoms with Crippen molar-refractivity contribution >= 4 is 11.7 Å². The maximum absolute atomic E-state index is 11.9. The largest absolute Gasteiger partial charge is 0.495 e. The molecular formula is C15H18N2O3. The normalized spacial score (nSPS) is 10.2. The van der Waals surface area contributed by atoms with E-state index in [1.165, 1.54) is 0 Å². The maximum Gasteiger partial charge on any atom is 0.319 e. The lowest BCUT2D eigenvalue weighted by atomic mass is 10.2. The van der Waals surface area contributed by atoms with Crippen LogP contribution in [0.15, 0.2) is 34.7 Å². The second-order valence-corrected chi connectivity index (χ2v) is 4.45. The van der Waals surface area contributed by atoms with Crippen LogP contribution in [0.4, 0.5) is 10.5 Å². The second-order valence-electron chi connectivity index (χ2n) is 4.45. The van der Waals surface area contributed by atoms with Crippen LogP contribution >= 0.6 is 0 Å². The predicted octanol–water partition coefficient (Wildman–Crippen LogP) is 3.23. The number of hydrogen-bond donors (Lipinski definition) is 2. The highest BCUT2D eigenvalue weighted by Crippen LogP contribution is 2.22. The highest BCUT2D eigenvalue weighted by atomic mass is 16.5. The van der Waals surface area contributed by atoms with Gasteiger partial charge in [-0.05, 0) is 32.0 Å². The molecule has 0 fully saturated rings. The Morgan fingerprint density at radius 1 is 1.30 bits per heavy atom. The average molecular weight is 274 g/mol. The van der Waals surface area contributed by atoms with E-state index < -0.39 is 0 Å². The van der Waals surface area contributed by atoms with Gasteiger partial charge in [-0.1, -0.05) is 12.1 Å². The number of urea groups is 1. The van der Waals surface area contributed by atoms with Crippen LogP contribution in [0.3, 0.4) is 0 Å². The number of aryl methyl sites for hydroxylation is 2. The Hall–Kier alpha value is -2.43. The van der Waals surface area contributed by atoms with Crippen molar-refractivity contribution in [1.29, 1.82) is 0 Å². The summed E-state index contributed by atoms with van der Waals surface area (Å²) in [5.41, 5.74) is 1.60. The van der Waals surface area contributed by atoms with E-state index in [-0.39, 0.29) is 6.03 Å². The van der Waals surface area contributed by atoms with Crippen LogP contribution in [0.2, 0.25) is 0 Å². The van der Waals surface area contributed by atoms with Gasteiger partial charge in [0.2, 0.25) is 0 Å². The molecule has 0 saturated carbocycles. The molecule has 1 aromatic carbocycles. The van der Waals surface area contributed by atoms with Crippen LogP contribution in [-0.4, -0.2) is 13.1 Å². The highest BCUT2D eigenvalue weighted by molar-refractivity contribution is 5.90. The number of rotatable bonds is 4. The molecular weight excluding hydrogens is 256 g/mol. The molecule has 0 unspecified atom stereocenters. The summed E-state index contributed by atoms with van der Waals surface area (Å²) in [7, 11) is 1.57. The van der Waals surface area contributed by atoms with E-state index in [9.17, 15) is 4.79 Å².